The number of benzene rings is 3. The summed E-state index contributed by atoms with van der Waals surface area (Å²) in [6, 6.07) is 17.5. The minimum absolute atomic E-state index is 0.377. The molecular weight excluding hydrogens is 408 g/mol. The molecule has 33 heavy (non-hydrogen) atoms. The zero-order valence-electron chi connectivity index (χ0n) is 19.1. The molecule has 0 unspecified atom stereocenters. The zero-order chi connectivity index (χ0) is 22.5. The summed E-state index contributed by atoms with van der Waals surface area (Å²) in [6.07, 6.45) is 4.73. The van der Waals surface area contributed by atoms with Crippen molar-refractivity contribution in [3.8, 4) is 39.4 Å². The van der Waals surface area contributed by atoms with E-state index >= 15 is 0 Å². The normalized spacial score (nSPS) is 12.6. The van der Waals surface area contributed by atoms with Crippen molar-refractivity contribution >= 4 is 10.8 Å². The molecule has 0 amide bonds. The fourth-order valence-corrected chi connectivity index (χ4v) is 4.60. The molecule has 3 aromatic carbocycles. The Morgan fingerprint density at radius 1 is 0.879 bits per heavy atom. The third-order valence-corrected chi connectivity index (χ3v) is 6.47. The summed E-state index contributed by atoms with van der Waals surface area (Å²) in [5, 5.41) is 2.30. The van der Waals surface area contributed by atoms with Crippen LogP contribution in [0.5, 0.6) is 5.75 Å². The zero-order valence-corrected chi connectivity index (χ0v) is 19.1. The van der Waals surface area contributed by atoms with Crippen molar-refractivity contribution in [3.05, 3.63) is 78.1 Å². The van der Waals surface area contributed by atoms with Gasteiger partial charge >= 0.3 is 0 Å². The second-order valence-corrected chi connectivity index (χ2v) is 8.97. The van der Waals surface area contributed by atoms with E-state index in [1.165, 1.54) is 11.1 Å². The van der Waals surface area contributed by atoms with Gasteiger partial charge in [-0.25, -0.2) is 9.97 Å². The predicted molar refractivity (Wildman–Crippen MR) is 132 cm³/mol. The van der Waals surface area contributed by atoms with Crippen molar-refractivity contribution in [2.24, 2.45) is 0 Å². The summed E-state index contributed by atoms with van der Waals surface area (Å²) >= 11 is 0. The minimum atomic E-state index is 0.377. The molecule has 0 atom stereocenters. The van der Waals surface area contributed by atoms with E-state index in [1.807, 2.05) is 12.4 Å². The number of nitrogens with zero attached hydrogens (tertiary/aromatic N) is 2. The molecule has 0 saturated carbocycles. The number of fused-ring (bicyclic) bond motifs is 5. The summed E-state index contributed by atoms with van der Waals surface area (Å²) in [5.74, 6) is 3.35. The van der Waals surface area contributed by atoms with Crippen molar-refractivity contribution in [1.82, 2.24) is 19.9 Å². The summed E-state index contributed by atoms with van der Waals surface area (Å²) in [7, 11) is 0. The summed E-state index contributed by atoms with van der Waals surface area (Å²) in [5.41, 5.74) is 7.93. The third kappa shape index (κ3) is 3.32. The molecule has 0 saturated heterocycles. The molecule has 0 aliphatic carbocycles. The van der Waals surface area contributed by atoms with Gasteiger partial charge in [0.05, 0.1) is 23.8 Å². The topological polar surface area (TPSA) is 66.6 Å². The van der Waals surface area contributed by atoms with Crippen LogP contribution >= 0.6 is 0 Å². The monoisotopic (exact) mass is 434 g/mol. The first-order valence-electron chi connectivity index (χ1n) is 11.5. The van der Waals surface area contributed by atoms with Gasteiger partial charge in [-0.1, -0.05) is 51.1 Å². The van der Waals surface area contributed by atoms with E-state index in [-0.39, 0.29) is 0 Å². The number of rotatable bonds is 4. The highest BCUT2D eigenvalue weighted by Crippen LogP contribution is 2.43. The van der Waals surface area contributed by atoms with E-state index in [0.717, 1.165) is 62.7 Å². The van der Waals surface area contributed by atoms with E-state index in [9.17, 15) is 0 Å². The van der Waals surface area contributed by atoms with Gasteiger partial charge < -0.3 is 14.7 Å². The van der Waals surface area contributed by atoms with Crippen molar-refractivity contribution in [2.75, 3.05) is 0 Å². The van der Waals surface area contributed by atoms with Crippen LogP contribution in [-0.2, 0) is 13.0 Å². The summed E-state index contributed by atoms with van der Waals surface area (Å²) in [6.45, 7) is 6.95. The highest BCUT2D eigenvalue weighted by atomic mass is 16.5. The number of aromatic nitrogens is 4. The smallest absolute Gasteiger partial charge is 0.135 e. The molecule has 5 nitrogen and oxygen atoms in total. The van der Waals surface area contributed by atoms with Gasteiger partial charge in [-0.2, -0.15) is 0 Å². The number of nitrogens with one attached hydrogen (secondary N) is 2. The van der Waals surface area contributed by atoms with Gasteiger partial charge in [-0.05, 0) is 40.3 Å². The molecule has 2 N–H and O–H groups in total. The van der Waals surface area contributed by atoms with Crippen LogP contribution in [-0.4, -0.2) is 19.9 Å². The Balaban J connectivity index is 1.38. The fraction of sp³-hybridized carbons (Fsp3) is 0.214. The lowest BCUT2D eigenvalue weighted by Crippen LogP contribution is -2.06. The van der Waals surface area contributed by atoms with Gasteiger partial charge in [0, 0.05) is 28.9 Å². The van der Waals surface area contributed by atoms with Crippen LogP contribution in [0.3, 0.4) is 0 Å². The molecule has 0 fully saturated rings. The molecule has 1 aliphatic rings. The Morgan fingerprint density at radius 2 is 1.64 bits per heavy atom. The summed E-state index contributed by atoms with van der Waals surface area (Å²) < 4.78 is 6.32. The van der Waals surface area contributed by atoms with Crippen LogP contribution in [0.1, 0.15) is 43.9 Å². The molecule has 2 aromatic heterocycles. The number of aryl methyl sites for hydroxylation is 1. The van der Waals surface area contributed by atoms with Gasteiger partial charge in [0.25, 0.3) is 0 Å². The average molecular weight is 435 g/mol. The first kappa shape index (κ1) is 19.8. The van der Waals surface area contributed by atoms with Crippen molar-refractivity contribution in [3.63, 3.8) is 0 Å². The molecule has 5 aromatic rings. The highest BCUT2D eigenvalue weighted by molar-refractivity contribution is 5.98. The largest absolute Gasteiger partial charge is 0.488 e. The Hall–Kier alpha value is -3.86. The maximum Gasteiger partial charge on any atom is 0.135 e. The quantitative estimate of drug-likeness (QED) is 0.324. The van der Waals surface area contributed by atoms with Gasteiger partial charge in [0.15, 0.2) is 0 Å². The molecule has 0 bridgehead atoms. The molecule has 164 valence electrons. The number of hydrogen-bond acceptors (Lipinski definition) is 3. The van der Waals surface area contributed by atoms with Gasteiger partial charge in [-0.15, -0.1) is 0 Å². The SMILES string of the molecule is CCc1ncc(-c2ccc3c4c(ccc3c2)-c2ccc(-c3cnc(C(C)C)[nH]3)cc2CO4)[nH]1. The van der Waals surface area contributed by atoms with Crippen LogP contribution < -0.4 is 4.74 Å². The Morgan fingerprint density at radius 3 is 2.42 bits per heavy atom. The average Bonchev–Trinajstić information content (AvgIpc) is 3.53. The van der Waals surface area contributed by atoms with E-state index in [2.05, 4.69) is 89.2 Å². The lowest BCUT2D eigenvalue weighted by molar-refractivity contribution is 0.306. The van der Waals surface area contributed by atoms with E-state index < -0.39 is 0 Å². The minimum Gasteiger partial charge on any atom is -0.488 e. The van der Waals surface area contributed by atoms with E-state index in [4.69, 9.17) is 4.74 Å². The second-order valence-electron chi connectivity index (χ2n) is 8.97. The van der Waals surface area contributed by atoms with Crippen LogP contribution in [0.4, 0.5) is 0 Å². The molecule has 3 heterocycles. The lowest BCUT2D eigenvalue weighted by Gasteiger charge is -2.23. The number of imidazole rings is 2. The third-order valence-electron chi connectivity index (χ3n) is 6.47. The molecule has 5 heteroatoms. The number of aromatic amines is 2. The molecule has 0 radical (unpaired) electrons. The second kappa shape index (κ2) is 7.62. The summed E-state index contributed by atoms with van der Waals surface area (Å²) in [4.78, 5) is 15.8. The standard InChI is InChI=1S/C28H26N4O/c1-4-26-29-13-24(31-26)18-7-9-22-17(11-18)5-10-23-21-8-6-19(12-20(21)15-33-27(22)23)25-14-30-28(32-25)16(2)3/h5-14,16H,4,15H2,1-3H3,(H,29,31)(H,30,32). The number of ether oxygens (including phenoxy) is 1. The van der Waals surface area contributed by atoms with Crippen LogP contribution in [0.2, 0.25) is 0 Å². The van der Waals surface area contributed by atoms with Crippen molar-refractivity contribution in [2.45, 2.75) is 39.7 Å². The molecular formula is C28H26N4O. The van der Waals surface area contributed by atoms with Crippen LogP contribution in [0.15, 0.2) is 60.9 Å². The van der Waals surface area contributed by atoms with Gasteiger partial charge in [0.1, 0.15) is 24.0 Å². The molecule has 0 spiro atoms. The first-order valence-corrected chi connectivity index (χ1v) is 11.5. The van der Waals surface area contributed by atoms with Crippen LogP contribution in [0, 0.1) is 0 Å². The lowest BCUT2D eigenvalue weighted by atomic mass is 9.92. The Bertz CT molecular complexity index is 1490. The van der Waals surface area contributed by atoms with Gasteiger partial charge in [0.2, 0.25) is 0 Å². The predicted octanol–water partition coefficient (Wildman–Crippen LogP) is 6.87. The van der Waals surface area contributed by atoms with Crippen molar-refractivity contribution < 1.29 is 4.74 Å². The first-order chi connectivity index (χ1) is 16.1. The van der Waals surface area contributed by atoms with E-state index in [0.29, 0.717) is 12.5 Å². The van der Waals surface area contributed by atoms with Crippen molar-refractivity contribution in [1.29, 1.82) is 0 Å². The van der Waals surface area contributed by atoms with E-state index in [1.54, 1.807) is 0 Å². The maximum absolute atomic E-state index is 6.32. The molecule has 1 aliphatic heterocycles. The maximum atomic E-state index is 6.32. The number of hydrogen-bond donors (Lipinski definition) is 2. The van der Waals surface area contributed by atoms with Gasteiger partial charge in [-0.3, -0.25) is 0 Å². The Kier molecular flexibility index (Phi) is 4.57. The number of H-pyrrole nitrogens is 2. The fourth-order valence-electron chi connectivity index (χ4n) is 4.60. The highest BCUT2D eigenvalue weighted by Gasteiger charge is 2.21. The molecule has 6 rings (SSSR count). The Labute approximate surface area is 192 Å². The van der Waals surface area contributed by atoms with Crippen LogP contribution in [0.25, 0.3) is 44.4 Å².